The van der Waals surface area contributed by atoms with Crippen molar-refractivity contribution in [2.75, 3.05) is 12.4 Å². The third-order valence-corrected chi connectivity index (χ3v) is 6.32. The minimum atomic E-state index is -3.95. The van der Waals surface area contributed by atoms with E-state index in [2.05, 4.69) is 10.0 Å². The second-order valence-corrected chi connectivity index (χ2v) is 8.83. The number of hydrogen-bond donors (Lipinski definition) is 2. The molecule has 9 heteroatoms. The Labute approximate surface area is 184 Å². The third-order valence-electron chi connectivity index (χ3n) is 4.20. The molecule has 3 aromatic rings. The number of ether oxygens (including phenoxy) is 1. The molecule has 2 N–H and O–H groups in total. The summed E-state index contributed by atoms with van der Waals surface area (Å²) in [6.45, 7) is 0.0929. The van der Waals surface area contributed by atoms with E-state index in [1.165, 1.54) is 31.4 Å². The molecule has 0 heterocycles. The normalized spacial score (nSPS) is 11.2. The van der Waals surface area contributed by atoms with Crippen molar-refractivity contribution in [1.82, 2.24) is 4.72 Å². The standard InChI is InChI=1S/C21H18Cl2N2O4S/c1-29-19-10-8-16(22)12-18(19)25-21(26)15-7-9-17(23)20(11-15)30(27,28)24-13-14-5-3-2-4-6-14/h2-12,24H,13H2,1H3,(H,25,26). The molecule has 0 radical (unpaired) electrons. The number of carbonyl (C=O) groups excluding carboxylic acids is 1. The maximum absolute atomic E-state index is 12.7. The van der Waals surface area contributed by atoms with Crippen LogP contribution in [0.5, 0.6) is 5.75 Å². The van der Waals surface area contributed by atoms with Crippen molar-refractivity contribution in [3.63, 3.8) is 0 Å². The Kier molecular flexibility index (Phi) is 6.99. The Bertz CT molecular complexity index is 1170. The first-order valence-corrected chi connectivity index (χ1v) is 11.0. The fraction of sp³-hybridized carbons (Fsp3) is 0.0952. The molecule has 0 aromatic heterocycles. The highest BCUT2D eigenvalue weighted by molar-refractivity contribution is 7.89. The minimum Gasteiger partial charge on any atom is -0.495 e. The number of carbonyl (C=O) groups is 1. The summed E-state index contributed by atoms with van der Waals surface area (Å²) in [6, 6.07) is 17.9. The van der Waals surface area contributed by atoms with Gasteiger partial charge in [-0.1, -0.05) is 53.5 Å². The fourth-order valence-electron chi connectivity index (χ4n) is 2.67. The number of anilines is 1. The van der Waals surface area contributed by atoms with Gasteiger partial charge in [-0.2, -0.15) is 0 Å². The second kappa shape index (κ2) is 9.49. The number of amides is 1. The molecule has 3 rings (SSSR count). The lowest BCUT2D eigenvalue weighted by molar-refractivity contribution is 0.102. The van der Waals surface area contributed by atoms with Crippen molar-refractivity contribution >= 4 is 44.8 Å². The molecule has 0 atom stereocenters. The molecule has 0 saturated carbocycles. The molecule has 0 spiro atoms. The highest BCUT2D eigenvalue weighted by Gasteiger charge is 2.20. The molecule has 0 aliphatic rings. The van der Waals surface area contributed by atoms with Crippen molar-refractivity contribution < 1.29 is 17.9 Å². The summed E-state index contributed by atoms with van der Waals surface area (Å²) in [5.41, 5.74) is 1.26. The Hall–Kier alpha value is -2.58. The van der Waals surface area contributed by atoms with E-state index < -0.39 is 15.9 Å². The SMILES string of the molecule is COc1ccc(Cl)cc1NC(=O)c1ccc(Cl)c(S(=O)(=O)NCc2ccccc2)c1. The summed E-state index contributed by atoms with van der Waals surface area (Å²) in [7, 11) is -2.48. The van der Waals surface area contributed by atoms with Crippen molar-refractivity contribution in [2.45, 2.75) is 11.4 Å². The highest BCUT2D eigenvalue weighted by atomic mass is 35.5. The van der Waals surface area contributed by atoms with Gasteiger partial charge < -0.3 is 10.1 Å². The number of methoxy groups -OCH3 is 1. The maximum Gasteiger partial charge on any atom is 0.255 e. The van der Waals surface area contributed by atoms with Gasteiger partial charge in [0.05, 0.1) is 17.8 Å². The van der Waals surface area contributed by atoms with Crippen LogP contribution in [0.25, 0.3) is 0 Å². The van der Waals surface area contributed by atoms with Crippen molar-refractivity contribution in [3.05, 3.63) is 87.9 Å². The van der Waals surface area contributed by atoms with Gasteiger partial charge in [-0.25, -0.2) is 13.1 Å². The average molecular weight is 465 g/mol. The molecule has 1 amide bonds. The molecular weight excluding hydrogens is 447 g/mol. The zero-order valence-electron chi connectivity index (χ0n) is 15.9. The summed E-state index contributed by atoms with van der Waals surface area (Å²) in [4.78, 5) is 12.5. The van der Waals surface area contributed by atoms with E-state index in [4.69, 9.17) is 27.9 Å². The molecule has 0 saturated heterocycles. The molecule has 0 bridgehead atoms. The first kappa shape index (κ1) is 22.1. The predicted octanol–water partition coefficient (Wildman–Crippen LogP) is 4.73. The van der Waals surface area contributed by atoms with Gasteiger partial charge in [-0.15, -0.1) is 0 Å². The lowest BCUT2D eigenvalue weighted by Gasteiger charge is -2.12. The van der Waals surface area contributed by atoms with Gasteiger partial charge >= 0.3 is 0 Å². The Balaban J connectivity index is 1.84. The molecule has 6 nitrogen and oxygen atoms in total. The summed E-state index contributed by atoms with van der Waals surface area (Å²) in [5.74, 6) is -0.120. The van der Waals surface area contributed by atoms with Crippen LogP contribution in [-0.2, 0) is 16.6 Å². The van der Waals surface area contributed by atoms with Gasteiger partial charge in [0.2, 0.25) is 10.0 Å². The van der Waals surface area contributed by atoms with Crippen LogP contribution in [-0.4, -0.2) is 21.4 Å². The van der Waals surface area contributed by atoms with E-state index >= 15 is 0 Å². The molecule has 0 aliphatic heterocycles. The molecule has 0 aliphatic carbocycles. The minimum absolute atomic E-state index is 0.00690. The Morgan fingerprint density at radius 1 is 1.00 bits per heavy atom. The van der Waals surface area contributed by atoms with Gasteiger partial charge in [0.1, 0.15) is 10.6 Å². The summed E-state index contributed by atoms with van der Waals surface area (Å²) in [6.07, 6.45) is 0. The van der Waals surface area contributed by atoms with E-state index in [1.54, 1.807) is 24.3 Å². The maximum atomic E-state index is 12.7. The first-order chi connectivity index (χ1) is 14.3. The van der Waals surface area contributed by atoms with Gasteiger partial charge in [0, 0.05) is 17.1 Å². The van der Waals surface area contributed by atoms with E-state index in [0.717, 1.165) is 5.56 Å². The topological polar surface area (TPSA) is 84.5 Å². The number of sulfonamides is 1. The van der Waals surface area contributed by atoms with Crippen LogP contribution in [0.1, 0.15) is 15.9 Å². The number of halogens is 2. The lowest BCUT2D eigenvalue weighted by atomic mass is 10.2. The van der Waals surface area contributed by atoms with E-state index in [9.17, 15) is 13.2 Å². The van der Waals surface area contributed by atoms with Crippen molar-refractivity contribution in [1.29, 1.82) is 0 Å². The number of hydrogen-bond acceptors (Lipinski definition) is 4. The van der Waals surface area contributed by atoms with Gasteiger partial charge in [-0.05, 0) is 42.0 Å². The Morgan fingerprint density at radius 3 is 2.43 bits per heavy atom. The largest absolute Gasteiger partial charge is 0.495 e. The van der Waals surface area contributed by atoms with Crippen LogP contribution in [0, 0.1) is 0 Å². The number of rotatable bonds is 7. The van der Waals surface area contributed by atoms with Crippen LogP contribution in [0.3, 0.4) is 0 Å². The molecule has 3 aromatic carbocycles. The zero-order chi connectivity index (χ0) is 21.7. The second-order valence-electron chi connectivity index (χ2n) is 6.25. The molecule has 156 valence electrons. The first-order valence-electron chi connectivity index (χ1n) is 8.78. The number of benzene rings is 3. The Morgan fingerprint density at radius 2 is 1.73 bits per heavy atom. The molecule has 0 unspecified atom stereocenters. The molecule has 30 heavy (non-hydrogen) atoms. The monoisotopic (exact) mass is 464 g/mol. The quantitative estimate of drug-likeness (QED) is 0.528. The molecule has 0 fully saturated rings. The van der Waals surface area contributed by atoms with Crippen molar-refractivity contribution in [2.24, 2.45) is 0 Å². The zero-order valence-corrected chi connectivity index (χ0v) is 18.2. The fourth-order valence-corrected chi connectivity index (χ4v) is 4.39. The summed E-state index contributed by atoms with van der Waals surface area (Å²) >= 11 is 12.1. The summed E-state index contributed by atoms with van der Waals surface area (Å²) in [5, 5.41) is 3.09. The van der Waals surface area contributed by atoms with Crippen LogP contribution in [0.4, 0.5) is 5.69 Å². The summed E-state index contributed by atoms with van der Waals surface area (Å²) < 4.78 is 33.2. The predicted molar refractivity (Wildman–Crippen MR) is 118 cm³/mol. The van der Waals surface area contributed by atoms with Crippen molar-refractivity contribution in [3.8, 4) is 5.75 Å². The van der Waals surface area contributed by atoms with Crippen LogP contribution in [0.2, 0.25) is 10.0 Å². The highest BCUT2D eigenvalue weighted by Crippen LogP contribution is 2.29. The van der Waals surface area contributed by atoms with Gasteiger partial charge in [0.15, 0.2) is 0 Å². The van der Waals surface area contributed by atoms with E-state index in [1.807, 2.05) is 18.2 Å². The van der Waals surface area contributed by atoms with Gasteiger partial charge in [-0.3, -0.25) is 4.79 Å². The van der Waals surface area contributed by atoms with Crippen LogP contribution < -0.4 is 14.8 Å². The van der Waals surface area contributed by atoms with E-state index in [0.29, 0.717) is 16.5 Å². The van der Waals surface area contributed by atoms with Crippen LogP contribution >= 0.6 is 23.2 Å². The average Bonchev–Trinajstić information content (AvgIpc) is 2.73. The van der Waals surface area contributed by atoms with Gasteiger partial charge in [0.25, 0.3) is 5.91 Å². The molecular formula is C21H18Cl2N2O4S. The number of nitrogens with one attached hydrogen (secondary N) is 2. The lowest BCUT2D eigenvalue weighted by Crippen LogP contribution is -2.24. The van der Waals surface area contributed by atoms with Crippen LogP contribution in [0.15, 0.2) is 71.6 Å². The third kappa shape index (κ3) is 5.31. The smallest absolute Gasteiger partial charge is 0.255 e. The van der Waals surface area contributed by atoms with E-state index in [-0.39, 0.29) is 22.0 Å².